The number of amides is 1. The number of carbonyl (C=O) groups is 1. The third-order valence-electron chi connectivity index (χ3n) is 8.41. The Hall–Kier alpha value is -4.21. The standard InChI is InChI=1S/C35H38ClN3O6/c1-42-26-11-5-22(6-12-26)20-44-30-18-29-31(32(36)34(30)45-21-23-7-13-27(43-2)14-8-23)33(40)28(19-39(29)25-9-10-25)35(41)38-17-15-24-4-3-16-37-24/h5-8,11-14,18-19,24-25,37H,3-4,9-10,15-17,20-21H2,1-2H3,(H,38,41). The quantitative estimate of drug-likeness (QED) is 0.186. The molecule has 1 saturated heterocycles. The van der Waals surface area contributed by atoms with Crippen LogP contribution < -0.4 is 35.0 Å². The Morgan fingerprint density at radius 3 is 2.18 bits per heavy atom. The minimum atomic E-state index is -0.431. The Bertz CT molecular complexity index is 1710. The molecule has 236 valence electrons. The molecule has 1 unspecified atom stereocenters. The predicted octanol–water partition coefficient (Wildman–Crippen LogP) is 6.04. The van der Waals surface area contributed by atoms with Crippen LogP contribution in [0.2, 0.25) is 5.02 Å². The number of nitrogens with one attached hydrogen (secondary N) is 2. The van der Waals surface area contributed by atoms with Crippen molar-refractivity contribution < 1.29 is 23.7 Å². The van der Waals surface area contributed by atoms with Crippen molar-refractivity contribution in [3.8, 4) is 23.0 Å². The summed E-state index contributed by atoms with van der Waals surface area (Å²) in [5.41, 5.74) is 2.06. The van der Waals surface area contributed by atoms with Crippen LogP contribution in [0.25, 0.3) is 10.9 Å². The molecule has 0 radical (unpaired) electrons. The molecule has 1 aliphatic heterocycles. The average Bonchev–Trinajstić information content (AvgIpc) is 3.78. The minimum absolute atomic E-state index is 0.0729. The first-order valence-corrected chi connectivity index (χ1v) is 15.8. The van der Waals surface area contributed by atoms with Gasteiger partial charge in [-0.3, -0.25) is 9.59 Å². The predicted molar refractivity (Wildman–Crippen MR) is 174 cm³/mol. The summed E-state index contributed by atoms with van der Waals surface area (Å²) in [5.74, 6) is 1.74. The lowest BCUT2D eigenvalue weighted by Gasteiger charge is -2.19. The van der Waals surface area contributed by atoms with Gasteiger partial charge in [0.15, 0.2) is 11.5 Å². The van der Waals surface area contributed by atoms with E-state index in [-0.39, 0.29) is 41.0 Å². The van der Waals surface area contributed by atoms with Gasteiger partial charge in [-0.2, -0.15) is 0 Å². The first kappa shape index (κ1) is 30.8. The largest absolute Gasteiger partial charge is 0.497 e. The average molecular weight is 632 g/mol. The number of aromatic nitrogens is 1. The summed E-state index contributed by atoms with van der Waals surface area (Å²) >= 11 is 7.06. The second-order valence-corrected chi connectivity index (χ2v) is 11.9. The van der Waals surface area contributed by atoms with Gasteiger partial charge in [0.25, 0.3) is 5.91 Å². The fourth-order valence-corrected chi connectivity index (χ4v) is 6.02. The van der Waals surface area contributed by atoms with Crippen molar-refractivity contribution in [1.29, 1.82) is 0 Å². The highest BCUT2D eigenvalue weighted by Gasteiger charge is 2.30. The van der Waals surface area contributed by atoms with Gasteiger partial charge in [-0.05, 0) is 74.0 Å². The van der Waals surface area contributed by atoms with E-state index >= 15 is 0 Å². The molecule has 3 aromatic carbocycles. The summed E-state index contributed by atoms with van der Waals surface area (Å²) in [4.78, 5) is 27.3. The fourth-order valence-electron chi connectivity index (χ4n) is 5.69. The van der Waals surface area contributed by atoms with Crippen molar-refractivity contribution >= 4 is 28.4 Å². The Morgan fingerprint density at radius 2 is 1.60 bits per heavy atom. The number of carbonyl (C=O) groups excluding carboxylic acids is 1. The minimum Gasteiger partial charge on any atom is -0.497 e. The lowest BCUT2D eigenvalue weighted by Crippen LogP contribution is -2.33. The normalized spacial score (nSPS) is 16.0. The maximum Gasteiger partial charge on any atom is 0.256 e. The Morgan fingerprint density at radius 1 is 0.956 bits per heavy atom. The molecule has 1 aromatic heterocycles. The summed E-state index contributed by atoms with van der Waals surface area (Å²) in [6.07, 6.45) is 6.62. The van der Waals surface area contributed by atoms with E-state index in [1.165, 1.54) is 0 Å². The third-order valence-corrected chi connectivity index (χ3v) is 8.77. The van der Waals surface area contributed by atoms with Gasteiger partial charge in [-0.15, -0.1) is 0 Å². The van der Waals surface area contributed by atoms with Crippen LogP contribution in [0.5, 0.6) is 23.0 Å². The number of hydrogen-bond donors (Lipinski definition) is 2. The van der Waals surface area contributed by atoms with Gasteiger partial charge in [0, 0.05) is 30.9 Å². The van der Waals surface area contributed by atoms with E-state index in [0.29, 0.717) is 23.9 Å². The van der Waals surface area contributed by atoms with Crippen molar-refractivity contribution in [3.63, 3.8) is 0 Å². The van der Waals surface area contributed by atoms with Gasteiger partial charge < -0.3 is 34.1 Å². The molecule has 6 rings (SSSR count). The highest BCUT2D eigenvalue weighted by molar-refractivity contribution is 6.37. The smallest absolute Gasteiger partial charge is 0.256 e. The highest BCUT2D eigenvalue weighted by Crippen LogP contribution is 2.44. The molecule has 2 heterocycles. The lowest BCUT2D eigenvalue weighted by molar-refractivity contribution is 0.0950. The number of methoxy groups -OCH3 is 2. The number of hydrogen-bond acceptors (Lipinski definition) is 7. The third kappa shape index (κ3) is 7.05. The number of rotatable bonds is 13. The molecule has 2 N–H and O–H groups in total. The van der Waals surface area contributed by atoms with Crippen molar-refractivity contribution in [2.45, 2.75) is 57.4 Å². The number of pyridine rings is 1. The van der Waals surface area contributed by atoms with Crippen LogP contribution in [0.15, 0.2) is 65.6 Å². The van der Waals surface area contributed by atoms with Crippen LogP contribution in [0, 0.1) is 0 Å². The molecule has 45 heavy (non-hydrogen) atoms. The van der Waals surface area contributed by atoms with E-state index in [2.05, 4.69) is 10.6 Å². The first-order chi connectivity index (χ1) is 21.9. The Labute approximate surface area is 267 Å². The zero-order chi connectivity index (χ0) is 31.3. The molecule has 0 spiro atoms. The topological polar surface area (TPSA) is 100 Å². The maximum atomic E-state index is 14.0. The fraction of sp³-hybridized carbons (Fsp3) is 0.371. The summed E-state index contributed by atoms with van der Waals surface area (Å²) in [6.45, 7) is 1.91. The maximum absolute atomic E-state index is 14.0. The van der Waals surface area contributed by atoms with E-state index < -0.39 is 11.3 Å². The summed E-state index contributed by atoms with van der Waals surface area (Å²) in [7, 11) is 3.24. The first-order valence-electron chi connectivity index (χ1n) is 15.4. The van der Waals surface area contributed by atoms with Crippen LogP contribution in [-0.2, 0) is 13.2 Å². The van der Waals surface area contributed by atoms with Gasteiger partial charge in [0.2, 0.25) is 5.43 Å². The van der Waals surface area contributed by atoms with Crippen molar-refractivity contribution in [2.24, 2.45) is 0 Å². The second kappa shape index (κ2) is 13.8. The number of benzene rings is 3. The van der Waals surface area contributed by atoms with Crippen LogP contribution in [0.1, 0.15) is 59.6 Å². The molecule has 1 amide bonds. The Kier molecular flexibility index (Phi) is 9.47. The van der Waals surface area contributed by atoms with Gasteiger partial charge in [0.05, 0.1) is 30.1 Å². The molecule has 9 nitrogen and oxygen atoms in total. The van der Waals surface area contributed by atoms with E-state index in [0.717, 1.165) is 61.3 Å². The molecule has 2 fully saturated rings. The molecular formula is C35H38ClN3O6. The zero-order valence-electron chi connectivity index (χ0n) is 25.6. The van der Waals surface area contributed by atoms with Crippen molar-refractivity contribution in [1.82, 2.24) is 15.2 Å². The molecule has 4 aromatic rings. The van der Waals surface area contributed by atoms with Gasteiger partial charge in [0.1, 0.15) is 30.3 Å². The molecule has 0 bridgehead atoms. The van der Waals surface area contributed by atoms with Crippen molar-refractivity contribution in [2.75, 3.05) is 27.3 Å². The second-order valence-electron chi connectivity index (χ2n) is 11.5. The highest BCUT2D eigenvalue weighted by atomic mass is 35.5. The molecular weight excluding hydrogens is 594 g/mol. The monoisotopic (exact) mass is 631 g/mol. The van der Waals surface area contributed by atoms with E-state index in [1.54, 1.807) is 26.5 Å². The molecule has 1 saturated carbocycles. The molecule has 1 aliphatic carbocycles. The summed E-state index contributed by atoms with van der Waals surface area (Å²) in [5, 5.41) is 6.76. The van der Waals surface area contributed by atoms with Gasteiger partial charge in [-0.25, -0.2) is 0 Å². The van der Waals surface area contributed by atoms with Crippen molar-refractivity contribution in [3.05, 3.63) is 92.7 Å². The number of nitrogens with zero attached hydrogens (tertiary/aromatic N) is 1. The molecule has 10 heteroatoms. The van der Waals surface area contributed by atoms with E-state index in [4.69, 9.17) is 30.5 Å². The van der Waals surface area contributed by atoms with Crippen LogP contribution in [-0.4, -0.2) is 43.8 Å². The summed E-state index contributed by atoms with van der Waals surface area (Å²) < 4.78 is 25.1. The number of halogens is 1. The number of ether oxygens (including phenoxy) is 4. The lowest BCUT2D eigenvalue weighted by atomic mass is 10.1. The van der Waals surface area contributed by atoms with Crippen LogP contribution in [0.3, 0.4) is 0 Å². The van der Waals surface area contributed by atoms with Crippen LogP contribution in [0.4, 0.5) is 0 Å². The van der Waals surface area contributed by atoms with E-state index in [1.807, 2.05) is 53.1 Å². The Balaban J connectivity index is 1.36. The van der Waals surface area contributed by atoms with Gasteiger partial charge >= 0.3 is 0 Å². The SMILES string of the molecule is COc1ccc(COc2cc3c(c(Cl)c2OCc2ccc(OC)cc2)c(=O)c(C(=O)NCCC2CCCN2)cn3C2CC2)cc1. The summed E-state index contributed by atoms with van der Waals surface area (Å²) in [6, 6.07) is 17.4. The molecule has 2 aliphatic rings. The number of fused-ring (bicyclic) bond motifs is 1. The molecule has 1 atom stereocenters. The van der Waals surface area contributed by atoms with Crippen LogP contribution >= 0.6 is 11.6 Å². The van der Waals surface area contributed by atoms with E-state index in [9.17, 15) is 9.59 Å². The zero-order valence-corrected chi connectivity index (χ0v) is 26.3. The van der Waals surface area contributed by atoms with Gasteiger partial charge in [-0.1, -0.05) is 35.9 Å².